The number of imidazole rings is 1. The van der Waals surface area contributed by atoms with Crippen molar-refractivity contribution in [2.75, 3.05) is 0 Å². The monoisotopic (exact) mass is 313 g/mol. The molecule has 0 saturated heterocycles. The van der Waals surface area contributed by atoms with E-state index in [-0.39, 0.29) is 0 Å². The van der Waals surface area contributed by atoms with Crippen molar-refractivity contribution in [2.45, 2.75) is 38.1 Å². The minimum absolute atomic E-state index is 0.818. The van der Waals surface area contributed by atoms with Gasteiger partial charge in [-0.25, -0.2) is 4.98 Å². The first-order valence-electron chi connectivity index (χ1n) is 7.27. The second kappa shape index (κ2) is 6.40. The van der Waals surface area contributed by atoms with Gasteiger partial charge in [-0.15, -0.1) is 0 Å². The molecular formula is C17H19N3OS. The molecule has 5 heteroatoms. The van der Waals surface area contributed by atoms with E-state index in [9.17, 15) is 0 Å². The number of benzene rings is 1. The second-order valence-electron chi connectivity index (χ2n) is 5.37. The first-order chi connectivity index (χ1) is 10.6. The normalized spacial score (nSPS) is 11.0. The lowest BCUT2D eigenvalue weighted by Crippen LogP contribution is -1.90. The van der Waals surface area contributed by atoms with E-state index in [0.29, 0.717) is 0 Å². The number of aromatic nitrogens is 3. The number of aryl methyl sites for hydroxylation is 3. The third-order valence-corrected chi connectivity index (χ3v) is 4.61. The maximum Gasteiger partial charge on any atom is 0.166 e. The van der Waals surface area contributed by atoms with Crippen LogP contribution in [-0.4, -0.2) is 15.1 Å². The molecule has 2 aromatic heterocycles. The predicted octanol–water partition coefficient (Wildman–Crippen LogP) is 4.21. The first kappa shape index (κ1) is 14.9. The van der Waals surface area contributed by atoms with Gasteiger partial charge < -0.3 is 9.51 Å². The van der Waals surface area contributed by atoms with Crippen molar-refractivity contribution in [2.24, 2.45) is 0 Å². The van der Waals surface area contributed by atoms with Crippen molar-refractivity contribution in [3.05, 3.63) is 64.3 Å². The molecular weight excluding hydrogens is 294 g/mol. The van der Waals surface area contributed by atoms with Crippen LogP contribution in [0.1, 0.15) is 34.0 Å². The highest BCUT2D eigenvalue weighted by Crippen LogP contribution is 2.25. The molecule has 114 valence electrons. The van der Waals surface area contributed by atoms with Crippen LogP contribution < -0.4 is 0 Å². The van der Waals surface area contributed by atoms with Crippen LogP contribution in [0.3, 0.4) is 0 Å². The molecule has 0 radical (unpaired) electrons. The van der Waals surface area contributed by atoms with Crippen LogP contribution in [0.25, 0.3) is 0 Å². The molecule has 1 N–H and O–H groups in total. The summed E-state index contributed by atoms with van der Waals surface area (Å²) in [5.41, 5.74) is 5.62. The molecule has 3 rings (SSSR count). The SMILES string of the molecule is Cc1noc(C)c1CSc1nc(Cc2ccccc2)c(C)[nH]1. The minimum atomic E-state index is 0.818. The van der Waals surface area contributed by atoms with Crippen molar-refractivity contribution in [1.29, 1.82) is 0 Å². The van der Waals surface area contributed by atoms with Gasteiger partial charge in [0.1, 0.15) is 5.76 Å². The topological polar surface area (TPSA) is 54.7 Å². The van der Waals surface area contributed by atoms with E-state index in [1.165, 1.54) is 5.56 Å². The zero-order valence-electron chi connectivity index (χ0n) is 13.0. The Balaban J connectivity index is 1.70. The molecule has 22 heavy (non-hydrogen) atoms. The third-order valence-electron chi connectivity index (χ3n) is 3.71. The van der Waals surface area contributed by atoms with Crippen LogP contribution in [0.5, 0.6) is 0 Å². The molecule has 0 aliphatic heterocycles. The van der Waals surface area contributed by atoms with Crippen LogP contribution in [-0.2, 0) is 12.2 Å². The maximum absolute atomic E-state index is 5.20. The Kier molecular flexibility index (Phi) is 4.34. The number of thioether (sulfide) groups is 1. The van der Waals surface area contributed by atoms with Gasteiger partial charge in [-0.05, 0) is 26.3 Å². The Hall–Kier alpha value is -2.01. The van der Waals surface area contributed by atoms with E-state index < -0.39 is 0 Å². The van der Waals surface area contributed by atoms with E-state index in [1.54, 1.807) is 11.8 Å². The van der Waals surface area contributed by atoms with Gasteiger partial charge >= 0.3 is 0 Å². The van der Waals surface area contributed by atoms with E-state index in [0.717, 1.165) is 45.7 Å². The highest BCUT2D eigenvalue weighted by atomic mass is 32.2. The zero-order chi connectivity index (χ0) is 15.5. The lowest BCUT2D eigenvalue weighted by atomic mass is 10.1. The fourth-order valence-corrected chi connectivity index (χ4v) is 3.44. The zero-order valence-corrected chi connectivity index (χ0v) is 13.8. The summed E-state index contributed by atoms with van der Waals surface area (Å²) in [6.07, 6.45) is 0.856. The van der Waals surface area contributed by atoms with Crippen LogP contribution in [0.15, 0.2) is 40.0 Å². The van der Waals surface area contributed by atoms with Crippen molar-refractivity contribution < 1.29 is 4.52 Å². The standard InChI is InChI=1S/C17H19N3OS/c1-11-15(13(3)21-20-11)10-22-17-18-12(2)16(19-17)9-14-7-5-4-6-8-14/h4-8H,9-10H2,1-3H3,(H,18,19). The quantitative estimate of drug-likeness (QED) is 0.717. The number of hydrogen-bond acceptors (Lipinski definition) is 4. The van der Waals surface area contributed by atoms with Gasteiger partial charge in [-0.3, -0.25) is 0 Å². The van der Waals surface area contributed by atoms with Gasteiger partial charge in [0.2, 0.25) is 0 Å². The van der Waals surface area contributed by atoms with Crippen LogP contribution in [0, 0.1) is 20.8 Å². The average Bonchev–Trinajstić information content (AvgIpc) is 3.02. The van der Waals surface area contributed by atoms with Crippen LogP contribution in [0.4, 0.5) is 0 Å². The second-order valence-corrected chi connectivity index (χ2v) is 6.33. The molecule has 0 spiro atoms. The number of hydrogen-bond donors (Lipinski definition) is 1. The molecule has 0 bridgehead atoms. The maximum atomic E-state index is 5.20. The Morgan fingerprint density at radius 3 is 2.59 bits per heavy atom. The highest BCUT2D eigenvalue weighted by molar-refractivity contribution is 7.98. The highest BCUT2D eigenvalue weighted by Gasteiger charge is 2.12. The molecule has 0 aliphatic rings. The fraction of sp³-hybridized carbons (Fsp3) is 0.294. The fourth-order valence-electron chi connectivity index (χ4n) is 2.35. The van der Waals surface area contributed by atoms with Crippen LogP contribution in [0.2, 0.25) is 0 Å². The van der Waals surface area contributed by atoms with Crippen molar-refractivity contribution in [3.8, 4) is 0 Å². The summed E-state index contributed by atoms with van der Waals surface area (Å²) in [5, 5.41) is 4.94. The Morgan fingerprint density at radius 2 is 1.91 bits per heavy atom. The van der Waals surface area contributed by atoms with E-state index >= 15 is 0 Å². The lowest BCUT2D eigenvalue weighted by Gasteiger charge is -1.98. The Labute approximate surface area is 134 Å². The van der Waals surface area contributed by atoms with Gasteiger partial charge in [0, 0.05) is 23.4 Å². The van der Waals surface area contributed by atoms with E-state index in [1.807, 2.05) is 19.9 Å². The van der Waals surface area contributed by atoms with Gasteiger partial charge in [-0.2, -0.15) is 0 Å². The molecule has 2 heterocycles. The average molecular weight is 313 g/mol. The van der Waals surface area contributed by atoms with Crippen molar-refractivity contribution in [1.82, 2.24) is 15.1 Å². The molecule has 3 aromatic rings. The molecule has 0 amide bonds. The minimum Gasteiger partial charge on any atom is -0.361 e. The van der Waals surface area contributed by atoms with Gasteiger partial charge in [0.25, 0.3) is 0 Å². The summed E-state index contributed by atoms with van der Waals surface area (Å²) in [6.45, 7) is 6.00. The summed E-state index contributed by atoms with van der Waals surface area (Å²) >= 11 is 1.69. The van der Waals surface area contributed by atoms with Gasteiger partial charge in [0.05, 0.1) is 11.4 Å². The largest absolute Gasteiger partial charge is 0.361 e. The van der Waals surface area contributed by atoms with E-state index in [4.69, 9.17) is 9.51 Å². The smallest absolute Gasteiger partial charge is 0.166 e. The molecule has 0 unspecified atom stereocenters. The molecule has 0 saturated carbocycles. The summed E-state index contributed by atoms with van der Waals surface area (Å²) < 4.78 is 5.20. The summed E-state index contributed by atoms with van der Waals surface area (Å²) in [7, 11) is 0. The number of nitrogens with one attached hydrogen (secondary N) is 1. The van der Waals surface area contributed by atoms with Gasteiger partial charge in [0.15, 0.2) is 5.16 Å². The molecule has 1 aromatic carbocycles. The first-order valence-corrected chi connectivity index (χ1v) is 8.26. The van der Waals surface area contributed by atoms with E-state index in [2.05, 4.69) is 41.3 Å². The summed E-state index contributed by atoms with van der Waals surface area (Å²) in [6, 6.07) is 10.4. The third kappa shape index (κ3) is 3.25. The summed E-state index contributed by atoms with van der Waals surface area (Å²) in [5.74, 6) is 1.71. The Morgan fingerprint density at radius 1 is 1.14 bits per heavy atom. The number of aromatic amines is 1. The number of nitrogens with zero attached hydrogens (tertiary/aromatic N) is 2. The van der Waals surface area contributed by atoms with Crippen molar-refractivity contribution >= 4 is 11.8 Å². The van der Waals surface area contributed by atoms with Crippen LogP contribution >= 0.6 is 11.8 Å². The van der Waals surface area contributed by atoms with Gasteiger partial charge in [-0.1, -0.05) is 47.3 Å². The lowest BCUT2D eigenvalue weighted by molar-refractivity contribution is 0.392. The molecule has 0 fully saturated rings. The predicted molar refractivity (Wildman–Crippen MR) is 88.1 cm³/mol. The molecule has 0 atom stereocenters. The Bertz CT molecular complexity index is 742. The number of rotatable bonds is 5. The summed E-state index contributed by atoms with van der Waals surface area (Å²) in [4.78, 5) is 8.09. The van der Waals surface area contributed by atoms with Crippen molar-refractivity contribution in [3.63, 3.8) is 0 Å². The molecule has 4 nitrogen and oxygen atoms in total. The number of H-pyrrole nitrogens is 1. The molecule has 0 aliphatic carbocycles.